The molecule has 1 aromatic heterocycles. The van der Waals surface area contributed by atoms with E-state index in [4.69, 9.17) is 4.74 Å². The second-order valence-electron chi connectivity index (χ2n) is 6.24. The fourth-order valence-corrected chi connectivity index (χ4v) is 3.78. The summed E-state index contributed by atoms with van der Waals surface area (Å²) in [6, 6.07) is 21.0. The molecule has 140 valence electrons. The van der Waals surface area contributed by atoms with E-state index in [9.17, 15) is 9.18 Å². The number of anilines is 1. The molecular formula is C22H17FN2O2S. The van der Waals surface area contributed by atoms with Crippen molar-refractivity contribution in [1.82, 2.24) is 4.98 Å². The lowest BCUT2D eigenvalue weighted by molar-refractivity contribution is -0.122. The molecule has 0 radical (unpaired) electrons. The lowest BCUT2D eigenvalue weighted by atomic mass is 10.2. The molecule has 1 amide bonds. The van der Waals surface area contributed by atoms with Gasteiger partial charge in [-0.1, -0.05) is 24.3 Å². The Bertz CT molecular complexity index is 1090. The maximum Gasteiger partial charge on any atom is 0.265 e. The molecule has 0 fully saturated rings. The summed E-state index contributed by atoms with van der Waals surface area (Å²) < 4.78 is 19.7. The number of nitrogens with zero attached hydrogens (tertiary/aromatic N) is 1. The monoisotopic (exact) mass is 392 g/mol. The van der Waals surface area contributed by atoms with Crippen LogP contribution in [0.4, 0.5) is 10.1 Å². The number of benzene rings is 3. The first-order chi connectivity index (χ1) is 13.6. The molecule has 0 aliphatic carbocycles. The quantitative estimate of drug-likeness (QED) is 0.487. The van der Waals surface area contributed by atoms with Gasteiger partial charge in [0.25, 0.3) is 5.91 Å². The molecule has 0 aliphatic heterocycles. The number of fused-ring (bicyclic) bond motifs is 1. The summed E-state index contributed by atoms with van der Waals surface area (Å²) in [5.41, 5.74) is 2.45. The zero-order valence-corrected chi connectivity index (χ0v) is 15.9. The van der Waals surface area contributed by atoms with Crippen LogP contribution in [0.5, 0.6) is 5.75 Å². The Morgan fingerprint density at radius 3 is 2.54 bits per heavy atom. The molecule has 6 heteroatoms. The van der Waals surface area contributed by atoms with E-state index in [0.717, 1.165) is 20.8 Å². The maximum absolute atomic E-state index is 13.0. The standard InChI is InChI=1S/C22H17FN2O2S/c1-14(27-16-12-10-15(23)11-13-16)21(26)24-18-7-3-2-6-17(18)22-25-19-8-4-5-9-20(19)28-22/h2-14H,1H3,(H,24,26). The van der Waals surface area contributed by atoms with E-state index in [2.05, 4.69) is 10.3 Å². The lowest BCUT2D eigenvalue weighted by Gasteiger charge is -2.16. The molecular weight excluding hydrogens is 375 g/mol. The average molecular weight is 392 g/mol. The average Bonchev–Trinajstić information content (AvgIpc) is 3.14. The summed E-state index contributed by atoms with van der Waals surface area (Å²) in [4.78, 5) is 17.3. The van der Waals surface area contributed by atoms with Gasteiger partial charge in [0.2, 0.25) is 0 Å². The van der Waals surface area contributed by atoms with Gasteiger partial charge >= 0.3 is 0 Å². The second kappa shape index (κ2) is 7.78. The zero-order chi connectivity index (χ0) is 19.5. The van der Waals surface area contributed by atoms with Crippen molar-refractivity contribution in [3.05, 3.63) is 78.6 Å². The molecule has 4 nitrogen and oxygen atoms in total. The third kappa shape index (κ3) is 3.87. The zero-order valence-electron chi connectivity index (χ0n) is 15.1. The number of hydrogen-bond acceptors (Lipinski definition) is 4. The Morgan fingerprint density at radius 1 is 1.04 bits per heavy atom. The molecule has 0 saturated carbocycles. The van der Waals surface area contributed by atoms with Crippen molar-refractivity contribution in [3.8, 4) is 16.3 Å². The van der Waals surface area contributed by atoms with Crippen LogP contribution in [0, 0.1) is 5.82 Å². The second-order valence-corrected chi connectivity index (χ2v) is 7.27. The Morgan fingerprint density at radius 2 is 1.75 bits per heavy atom. The number of hydrogen-bond donors (Lipinski definition) is 1. The Labute approximate surface area is 165 Å². The SMILES string of the molecule is CC(Oc1ccc(F)cc1)C(=O)Nc1ccccc1-c1nc2ccccc2s1. The predicted octanol–water partition coefficient (Wildman–Crippen LogP) is 5.51. The molecule has 1 N–H and O–H groups in total. The number of ether oxygens (including phenoxy) is 1. The van der Waals surface area contributed by atoms with Crippen LogP contribution in [-0.4, -0.2) is 17.0 Å². The maximum atomic E-state index is 13.0. The number of halogens is 1. The van der Waals surface area contributed by atoms with Gasteiger partial charge in [0, 0.05) is 5.56 Å². The highest BCUT2D eigenvalue weighted by Crippen LogP contribution is 2.34. The number of para-hydroxylation sites is 2. The van der Waals surface area contributed by atoms with Crippen LogP contribution >= 0.6 is 11.3 Å². The lowest BCUT2D eigenvalue weighted by Crippen LogP contribution is -2.30. The van der Waals surface area contributed by atoms with Crippen molar-refractivity contribution in [2.75, 3.05) is 5.32 Å². The van der Waals surface area contributed by atoms with Gasteiger partial charge in [0.1, 0.15) is 16.6 Å². The van der Waals surface area contributed by atoms with Crippen LogP contribution in [0.2, 0.25) is 0 Å². The molecule has 4 aromatic rings. The van der Waals surface area contributed by atoms with Gasteiger partial charge in [-0.15, -0.1) is 11.3 Å². The summed E-state index contributed by atoms with van der Waals surface area (Å²) in [5.74, 6) is -0.212. The summed E-state index contributed by atoms with van der Waals surface area (Å²) in [5, 5.41) is 3.75. The Hall–Kier alpha value is -3.25. The highest BCUT2D eigenvalue weighted by atomic mass is 32.1. The van der Waals surface area contributed by atoms with E-state index in [1.807, 2.05) is 48.5 Å². The van der Waals surface area contributed by atoms with Gasteiger partial charge in [0.15, 0.2) is 6.10 Å². The molecule has 0 saturated heterocycles. The smallest absolute Gasteiger partial charge is 0.265 e. The molecule has 28 heavy (non-hydrogen) atoms. The van der Waals surface area contributed by atoms with Gasteiger partial charge in [-0.25, -0.2) is 9.37 Å². The van der Waals surface area contributed by atoms with Crippen LogP contribution in [0.25, 0.3) is 20.8 Å². The first-order valence-corrected chi connectivity index (χ1v) is 9.60. The minimum atomic E-state index is -0.742. The topological polar surface area (TPSA) is 51.2 Å². The highest BCUT2D eigenvalue weighted by molar-refractivity contribution is 7.21. The molecule has 0 bridgehead atoms. The first kappa shape index (κ1) is 18.1. The number of amides is 1. The number of carbonyl (C=O) groups excluding carboxylic acids is 1. The highest BCUT2D eigenvalue weighted by Gasteiger charge is 2.18. The fourth-order valence-electron chi connectivity index (χ4n) is 2.77. The summed E-state index contributed by atoms with van der Waals surface area (Å²) in [7, 11) is 0. The van der Waals surface area contributed by atoms with Crippen molar-refractivity contribution in [3.63, 3.8) is 0 Å². The predicted molar refractivity (Wildman–Crippen MR) is 110 cm³/mol. The van der Waals surface area contributed by atoms with Crippen molar-refractivity contribution >= 4 is 33.1 Å². The molecule has 0 aliphatic rings. The van der Waals surface area contributed by atoms with E-state index < -0.39 is 6.10 Å². The van der Waals surface area contributed by atoms with Crippen LogP contribution in [0.3, 0.4) is 0 Å². The van der Waals surface area contributed by atoms with Crippen LogP contribution in [0.1, 0.15) is 6.92 Å². The number of nitrogens with one attached hydrogen (secondary N) is 1. The van der Waals surface area contributed by atoms with Crippen molar-refractivity contribution in [2.45, 2.75) is 13.0 Å². The molecule has 1 atom stereocenters. The summed E-state index contributed by atoms with van der Waals surface area (Å²) >= 11 is 1.57. The van der Waals surface area contributed by atoms with Crippen molar-refractivity contribution < 1.29 is 13.9 Å². The van der Waals surface area contributed by atoms with Crippen molar-refractivity contribution in [1.29, 1.82) is 0 Å². The summed E-state index contributed by atoms with van der Waals surface area (Å²) in [6.07, 6.45) is -0.742. The van der Waals surface area contributed by atoms with Crippen LogP contribution in [0.15, 0.2) is 72.8 Å². The Kier molecular flexibility index (Phi) is 5.04. The van der Waals surface area contributed by atoms with E-state index >= 15 is 0 Å². The fraction of sp³-hybridized carbons (Fsp3) is 0.0909. The Balaban J connectivity index is 1.54. The minimum Gasteiger partial charge on any atom is -0.481 e. The van der Waals surface area contributed by atoms with Crippen LogP contribution < -0.4 is 10.1 Å². The van der Waals surface area contributed by atoms with E-state index in [1.165, 1.54) is 24.3 Å². The minimum absolute atomic E-state index is 0.294. The van der Waals surface area contributed by atoms with Gasteiger partial charge in [-0.05, 0) is 55.5 Å². The number of carbonyl (C=O) groups is 1. The van der Waals surface area contributed by atoms with E-state index in [1.54, 1.807) is 18.3 Å². The van der Waals surface area contributed by atoms with Gasteiger partial charge < -0.3 is 10.1 Å². The number of thiazole rings is 1. The van der Waals surface area contributed by atoms with Gasteiger partial charge in [-0.2, -0.15) is 0 Å². The summed E-state index contributed by atoms with van der Waals surface area (Å²) in [6.45, 7) is 1.65. The van der Waals surface area contributed by atoms with E-state index in [0.29, 0.717) is 11.4 Å². The largest absolute Gasteiger partial charge is 0.481 e. The van der Waals surface area contributed by atoms with Crippen molar-refractivity contribution in [2.24, 2.45) is 0 Å². The third-order valence-electron chi connectivity index (χ3n) is 4.20. The van der Waals surface area contributed by atoms with Gasteiger partial charge in [-0.3, -0.25) is 4.79 Å². The third-order valence-corrected chi connectivity index (χ3v) is 5.27. The first-order valence-electron chi connectivity index (χ1n) is 8.78. The van der Waals surface area contributed by atoms with E-state index in [-0.39, 0.29) is 11.7 Å². The molecule has 0 spiro atoms. The number of rotatable bonds is 5. The molecule has 1 heterocycles. The molecule has 1 unspecified atom stereocenters. The van der Waals surface area contributed by atoms with Crippen LogP contribution in [-0.2, 0) is 4.79 Å². The molecule has 3 aromatic carbocycles. The molecule has 4 rings (SSSR count). The number of aromatic nitrogens is 1. The van der Waals surface area contributed by atoms with Gasteiger partial charge in [0.05, 0.1) is 15.9 Å². The normalized spacial score (nSPS) is 11.9.